The highest BCUT2D eigenvalue weighted by atomic mass is 32.2. The number of alkyl halides is 1. The largest absolute Gasteiger partial charge is 0.454 e. The molecule has 0 bridgehead atoms. The maximum atomic E-state index is 16.3. The van der Waals surface area contributed by atoms with Crippen LogP contribution < -0.4 is 11.0 Å². The Morgan fingerprint density at radius 3 is 2.26 bits per heavy atom. The molecule has 1 aliphatic rings. The topological polar surface area (TPSA) is 136 Å². The molecule has 2 aromatic carbocycles. The molecule has 1 amide bonds. The molecule has 4 rings (SSSR count). The van der Waals surface area contributed by atoms with Crippen LogP contribution in [-0.4, -0.2) is 68.9 Å². The summed E-state index contributed by atoms with van der Waals surface area (Å²) >= 11 is 1.09. The van der Waals surface area contributed by atoms with Crippen molar-refractivity contribution in [1.82, 2.24) is 14.2 Å². The van der Waals surface area contributed by atoms with Crippen molar-refractivity contribution < 1.29 is 27.8 Å². The molecule has 1 N–H and O–H groups in total. The highest BCUT2D eigenvalue weighted by Gasteiger charge is 2.49. The summed E-state index contributed by atoms with van der Waals surface area (Å²) in [5.41, 5.74) is -0.138. The van der Waals surface area contributed by atoms with Gasteiger partial charge in [-0.05, 0) is 58.0 Å². The van der Waals surface area contributed by atoms with Gasteiger partial charge in [-0.2, -0.15) is 10.2 Å². The van der Waals surface area contributed by atoms with Gasteiger partial charge in [-0.3, -0.25) is 9.36 Å². The molecule has 0 aliphatic carbocycles. The van der Waals surface area contributed by atoms with Gasteiger partial charge in [-0.25, -0.2) is 18.6 Å². The number of benzene rings is 2. The van der Waals surface area contributed by atoms with Crippen molar-refractivity contribution in [2.45, 2.75) is 69.1 Å². The predicted molar refractivity (Wildman–Crippen MR) is 175 cm³/mol. The molecule has 0 radical (unpaired) electrons. The molecule has 0 spiro atoms. The molecule has 1 saturated heterocycles. The molecule has 46 heavy (non-hydrogen) atoms. The van der Waals surface area contributed by atoms with Crippen LogP contribution in [0.4, 0.5) is 10.2 Å². The number of anilines is 1. The quantitative estimate of drug-likeness (QED) is 0.124. The van der Waals surface area contributed by atoms with E-state index in [0.29, 0.717) is 5.56 Å². The third-order valence-corrected chi connectivity index (χ3v) is 10.5. The molecular weight excluding hydrogens is 632 g/mol. The van der Waals surface area contributed by atoms with E-state index in [1.54, 1.807) is 60.7 Å². The van der Waals surface area contributed by atoms with Crippen LogP contribution in [-0.2, 0) is 13.8 Å². The summed E-state index contributed by atoms with van der Waals surface area (Å²) < 4.78 is 37.4. The smallest absolute Gasteiger partial charge is 0.350 e. The van der Waals surface area contributed by atoms with Gasteiger partial charge >= 0.3 is 11.7 Å². The van der Waals surface area contributed by atoms with Gasteiger partial charge in [0, 0.05) is 23.8 Å². The van der Waals surface area contributed by atoms with E-state index in [0.717, 1.165) is 16.3 Å². The van der Waals surface area contributed by atoms with Crippen molar-refractivity contribution in [3.63, 3.8) is 0 Å². The zero-order valence-electron chi connectivity index (χ0n) is 26.0. The second-order valence-electron chi connectivity index (χ2n) is 10.9. The summed E-state index contributed by atoms with van der Waals surface area (Å²) in [5, 5.41) is 9.79. The first-order chi connectivity index (χ1) is 22.1. The Balaban J connectivity index is 1.57. The maximum Gasteiger partial charge on any atom is 0.350 e. The van der Waals surface area contributed by atoms with Crippen LogP contribution in [0, 0.1) is 11.3 Å². The number of nitriles is 1. The lowest BCUT2D eigenvalue weighted by Gasteiger charge is -2.36. The normalized spacial score (nSPS) is 20.1. The Kier molecular flexibility index (Phi) is 12.8. The Morgan fingerprint density at radius 1 is 1.04 bits per heavy atom. The van der Waals surface area contributed by atoms with Crippen molar-refractivity contribution in [1.29, 1.82) is 5.26 Å². The number of thioether (sulfide) groups is 1. The molecule has 244 valence electrons. The van der Waals surface area contributed by atoms with Crippen LogP contribution in [0.15, 0.2) is 77.7 Å². The number of amides is 1. The van der Waals surface area contributed by atoms with E-state index < -0.39 is 49.0 Å². The summed E-state index contributed by atoms with van der Waals surface area (Å²) in [6.45, 7) is 8.10. The lowest BCUT2D eigenvalue weighted by Crippen LogP contribution is -2.38. The van der Waals surface area contributed by atoms with Crippen molar-refractivity contribution in [2.75, 3.05) is 18.5 Å². The van der Waals surface area contributed by atoms with Crippen LogP contribution in [0.3, 0.4) is 0 Å². The lowest BCUT2D eigenvalue weighted by molar-refractivity contribution is 0.00238. The number of hydrogen-bond donors (Lipinski definition) is 1. The van der Waals surface area contributed by atoms with Crippen LogP contribution in [0.1, 0.15) is 60.2 Å². The maximum absolute atomic E-state index is 16.3. The number of halogens is 1. The van der Waals surface area contributed by atoms with Crippen molar-refractivity contribution in [3.8, 4) is 6.07 Å². The molecule has 3 aromatic rings. The number of rotatable bonds is 14. The average molecular weight is 670 g/mol. The second kappa shape index (κ2) is 16.8. The summed E-state index contributed by atoms with van der Waals surface area (Å²) in [5.74, 6) is -1.13. The predicted octanol–water partition coefficient (Wildman–Crippen LogP) is 5.97. The van der Waals surface area contributed by atoms with E-state index in [-0.39, 0.29) is 43.1 Å². The molecule has 1 aromatic heterocycles. The highest BCUT2D eigenvalue weighted by molar-refractivity contribution is 8.00. The van der Waals surface area contributed by atoms with Gasteiger partial charge in [0.05, 0.1) is 36.5 Å². The minimum atomic E-state index is -1.80. The fourth-order valence-corrected chi connectivity index (χ4v) is 8.06. The van der Waals surface area contributed by atoms with E-state index >= 15 is 4.39 Å². The van der Waals surface area contributed by atoms with E-state index in [2.05, 4.69) is 16.4 Å². The molecule has 5 atom stereocenters. The summed E-state index contributed by atoms with van der Waals surface area (Å²) in [7, 11) is -1.65. The van der Waals surface area contributed by atoms with Gasteiger partial charge < -0.3 is 19.1 Å². The summed E-state index contributed by atoms with van der Waals surface area (Å²) in [4.78, 5) is 42.7. The number of aromatic nitrogens is 2. The number of esters is 1. The first kappa shape index (κ1) is 35.2. The van der Waals surface area contributed by atoms with Crippen LogP contribution in [0.25, 0.3) is 0 Å². The Labute approximate surface area is 273 Å². The number of carbonyl (C=O) groups is 2. The van der Waals surface area contributed by atoms with Gasteiger partial charge in [-0.1, -0.05) is 36.4 Å². The monoisotopic (exact) mass is 669 g/mol. The first-order valence-corrected chi connectivity index (χ1v) is 16.9. The second-order valence-corrected chi connectivity index (χ2v) is 13.7. The van der Waals surface area contributed by atoms with E-state index in [1.807, 2.05) is 32.4 Å². The van der Waals surface area contributed by atoms with E-state index in [9.17, 15) is 14.4 Å². The number of nitrogens with zero attached hydrogens (tertiary/aromatic N) is 4. The van der Waals surface area contributed by atoms with Crippen molar-refractivity contribution in [2.24, 2.45) is 0 Å². The first-order valence-electron chi connectivity index (χ1n) is 14.8. The van der Waals surface area contributed by atoms with Crippen LogP contribution >= 0.6 is 20.3 Å². The van der Waals surface area contributed by atoms with Gasteiger partial charge in [0.1, 0.15) is 11.2 Å². The average Bonchev–Trinajstić information content (AvgIpc) is 3.34. The Hall–Kier alpha value is -3.66. The van der Waals surface area contributed by atoms with Crippen molar-refractivity contribution in [3.05, 3.63) is 94.5 Å². The fourth-order valence-electron chi connectivity index (χ4n) is 4.86. The third-order valence-electron chi connectivity index (χ3n) is 6.91. The molecule has 0 saturated carbocycles. The fraction of sp³-hybridized carbons (Fsp3) is 0.406. The van der Waals surface area contributed by atoms with Gasteiger partial charge in [-0.15, -0.1) is 11.8 Å². The number of ether oxygens (including phenoxy) is 1. The Bertz CT molecular complexity index is 1550. The van der Waals surface area contributed by atoms with Crippen LogP contribution in [0.2, 0.25) is 0 Å². The zero-order chi connectivity index (χ0) is 33.2. The Morgan fingerprint density at radius 2 is 1.67 bits per heavy atom. The highest BCUT2D eigenvalue weighted by Crippen LogP contribution is 2.50. The summed E-state index contributed by atoms with van der Waals surface area (Å²) in [6.07, 6.45) is -1.54. The number of hydrogen-bond acceptors (Lipinski definition) is 10. The van der Waals surface area contributed by atoms with E-state index in [4.69, 9.17) is 19.0 Å². The zero-order valence-corrected chi connectivity index (χ0v) is 27.7. The molecule has 11 nitrogen and oxygen atoms in total. The molecule has 1 fully saturated rings. The SMILES string of the molecule is CC(C)N(C(C)C)P(OCCC#N)OCC1SC(n2ccc(NC(=O)c3ccccc3)nc2=O)C(F)C1OC(=O)c1ccccc1. The number of carbonyl (C=O) groups excluding carboxylic acids is 2. The molecule has 14 heteroatoms. The van der Waals surface area contributed by atoms with Crippen molar-refractivity contribution >= 4 is 38.0 Å². The van der Waals surface area contributed by atoms with Gasteiger partial charge in [0.2, 0.25) is 0 Å². The third kappa shape index (κ3) is 8.99. The lowest BCUT2D eigenvalue weighted by atomic mass is 10.1. The molecule has 1 aliphatic heterocycles. The van der Waals surface area contributed by atoms with Crippen LogP contribution in [0.5, 0.6) is 0 Å². The minimum absolute atomic E-state index is 0.0167. The number of nitrogens with one attached hydrogen (secondary N) is 1. The molecular formula is C32H37FN5O6PS. The van der Waals surface area contributed by atoms with E-state index in [1.165, 1.54) is 12.3 Å². The van der Waals surface area contributed by atoms with Gasteiger partial charge in [0.15, 0.2) is 12.3 Å². The van der Waals surface area contributed by atoms with Gasteiger partial charge in [0.25, 0.3) is 14.4 Å². The summed E-state index contributed by atoms with van der Waals surface area (Å²) in [6, 6.07) is 20.3. The molecule has 5 unspecified atom stereocenters. The standard InChI is InChI=1S/C32H37FN5O6PS/c1-21(2)38(22(3)4)45(42-19-11-17-34)43-20-25-28(44-31(40)24-14-9-6-10-15-24)27(33)30(46-25)37-18-16-26(36-32(37)41)35-29(39)23-12-7-5-8-13-23/h5-10,12-16,18,21-22,25,27-28,30H,11,19-20H2,1-4H3,(H,35,36,39,41). The molecule has 2 heterocycles. The minimum Gasteiger partial charge on any atom is -0.454 e.